The van der Waals surface area contributed by atoms with Gasteiger partial charge < -0.3 is 15.1 Å². The van der Waals surface area contributed by atoms with Crippen molar-refractivity contribution < 1.29 is 9.59 Å². The van der Waals surface area contributed by atoms with Gasteiger partial charge in [-0.15, -0.1) is 5.10 Å². The van der Waals surface area contributed by atoms with Gasteiger partial charge in [0.15, 0.2) is 5.69 Å². The van der Waals surface area contributed by atoms with E-state index in [0.717, 1.165) is 11.5 Å². The molecule has 0 unspecified atom stereocenters. The molecule has 0 bridgehead atoms. The quantitative estimate of drug-likeness (QED) is 0.821. The lowest BCUT2D eigenvalue weighted by Gasteiger charge is -2.34. The Bertz CT molecular complexity index is 414. The molecule has 7 nitrogen and oxygen atoms in total. The Morgan fingerprint density at radius 3 is 2.56 bits per heavy atom. The minimum absolute atomic E-state index is 0.0695. The lowest BCUT2D eigenvalue weighted by molar-refractivity contribution is 0.0659. The Morgan fingerprint density at radius 2 is 2.00 bits per heavy atom. The molecule has 0 spiro atoms. The molecule has 2 heterocycles. The van der Waals surface area contributed by atoms with Gasteiger partial charge >= 0.3 is 6.03 Å². The van der Waals surface area contributed by atoms with Crippen LogP contribution in [0.5, 0.6) is 0 Å². The van der Waals surface area contributed by atoms with E-state index in [9.17, 15) is 9.59 Å². The van der Waals surface area contributed by atoms with Gasteiger partial charge in [0.2, 0.25) is 0 Å². The first-order chi connectivity index (χ1) is 8.72. The van der Waals surface area contributed by atoms with Crippen LogP contribution in [0.1, 0.15) is 17.4 Å². The van der Waals surface area contributed by atoms with Gasteiger partial charge in [0.1, 0.15) is 0 Å². The van der Waals surface area contributed by atoms with E-state index in [1.807, 2.05) is 6.92 Å². The lowest BCUT2D eigenvalue weighted by atomic mass is 10.3. The summed E-state index contributed by atoms with van der Waals surface area (Å²) < 4.78 is 3.68. The molecule has 0 saturated carbocycles. The highest BCUT2D eigenvalue weighted by Gasteiger charge is 2.25. The normalized spacial score (nSPS) is 15.6. The van der Waals surface area contributed by atoms with Crippen molar-refractivity contribution in [2.45, 2.75) is 6.92 Å². The molecule has 0 aliphatic carbocycles. The van der Waals surface area contributed by atoms with E-state index in [-0.39, 0.29) is 11.9 Å². The summed E-state index contributed by atoms with van der Waals surface area (Å²) >= 11 is 1.16. The molecule has 1 aliphatic heterocycles. The van der Waals surface area contributed by atoms with E-state index in [1.54, 1.807) is 15.2 Å². The first-order valence-corrected chi connectivity index (χ1v) is 6.65. The van der Waals surface area contributed by atoms with Gasteiger partial charge in [-0.05, 0) is 18.5 Å². The number of nitrogens with zero attached hydrogens (tertiary/aromatic N) is 4. The number of carbonyl (C=O) groups is 2. The molecule has 1 N–H and O–H groups in total. The molecule has 98 valence electrons. The molecule has 0 radical (unpaired) electrons. The van der Waals surface area contributed by atoms with Crippen molar-refractivity contribution in [3.8, 4) is 0 Å². The zero-order valence-corrected chi connectivity index (χ0v) is 10.9. The fraction of sp³-hybridized carbons (Fsp3) is 0.600. The maximum atomic E-state index is 12.0. The second-order valence-electron chi connectivity index (χ2n) is 3.90. The van der Waals surface area contributed by atoms with E-state index in [0.29, 0.717) is 38.4 Å². The number of aromatic nitrogens is 2. The molecule has 1 aliphatic rings. The van der Waals surface area contributed by atoms with Crippen molar-refractivity contribution >= 4 is 23.5 Å². The van der Waals surface area contributed by atoms with Crippen molar-refractivity contribution in [1.29, 1.82) is 0 Å². The number of hydrogen-bond donors (Lipinski definition) is 1. The molecule has 0 atom stereocenters. The average Bonchev–Trinajstić information content (AvgIpc) is 2.92. The molecule has 0 aromatic carbocycles. The molecule has 3 amide bonds. The minimum Gasteiger partial charge on any atom is -0.338 e. The van der Waals surface area contributed by atoms with E-state index < -0.39 is 0 Å². The Labute approximate surface area is 109 Å². The van der Waals surface area contributed by atoms with E-state index >= 15 is 0 Å². The maximum absolute atomic E-state index is 12.0. The predicted molar refractivity (Wildman–Crippen MR) is 66.5 cm³/mol. The predicted octanol–water partition coefficient (Wildman–Crippen LogP) is 0.0254. The molecular formula is C10H15N5O2S. The monoisotopic (exact) mass is 269 g/mol. The van der Waals surface area contributed by atoms with Crippen LogP contribution in [-0.2, 0) is 0 Å². The standard InChI is InChI=1S/C10H15N5O2S/c1-2-11-10(17)15-5-3-14(4-6-15)9(16)8-7-18-13-12-8/h7H,2-6H2,1H3,(H,11,17). The van der Waals surface area contributed by atoms with Gasteiger partial charge in [-0.1, -0.05) is 4.49 Å². The van der Waals surface area contributed by atoms with Gasteiger partial charge in [-0.2, -0.15) is 0 Å². The lowest BCUT2D eigenvalue weighted by Crippen LogP contribution is -2.53. The van der Waals surface area contributed by atoms with Crippen LogP contribution in [0.3, 0.4) is 0 Å². The van der Waals surface area contributed by atoms with Gasteiger partial charge in [0, 0.05) is 38.1 Å². The van der Waals surface area contributed by atoms with E-state index in [1.165, 1.54) is 0 Å². The Kier molecular flexibility index (Phi) is 4.08. The fourth-order valence-electron chi connectivity index (χ4n) is 1.80. The van der Waals surface area contributed by atoms with Crippen molar-refractivity contribution in [2.24, 2.45) is 0 Å². The summed E-state index contributed by atoms with van der Waals surface area (Å²) in [5, 5.41) is 8.15. The third-order valence-corrected chi connectivity index (χ3v) is 3.27. The summed E-state index contributed by atoms with van der Waals surface area (Å²) in [6.45, 7) is 4.67. The van der Waals surface area contributed by atoms with Crippen LogP contribution in [0.25, 0.3) is 0 Å². The molecule has 8 heteroatoms. The zero-order valence-electron chi connectivity index (χ0n) is 10.1. The summed E-state index contributed by atoms with van der Waals surface area (Å²) in [5.41, 5.74) is 0.381. The topological polar surface area (TPSA) is 78.4 Å². The van der Waals surface area contributed by atoms with Crippen molar-refractivity contribution in [3.05, 3.63) is 11.1 Å². The smallest absolute Gasteiger partial charge is 0.317 e. The van der Waals surface area contributed by atoms with Gasteiger partial charge in [0.25, 0.3) is 5.91 Å². The van der Waals surface area contributed by atoms with Gasteiger partial charge in [-0.3, -0.25) is 4.79 Å². The average molecular weight is 269 g/mol. The number of piperazine rings is 1. The van der Waals surface area contributed by atoms with Crippen molar-refractivity contribution in [3.63, 3.8) is 0 Å². The zero-order chi connectivity index (χ0) is 13.0. The number of rotatable bonds is 2. The van der Waals surface area contributed by atoms with E-state index in [2.05, 4.69) is 14.9 Å². The first kappa shape index (κ1) is 12.7. The van der Waals surface area contributed by atoms with Crippen LogP contribution in [0.15, 0.2) is 5.38 Å². The maximum Gasteiger partial charge on any atom is 0.317 e. The Hall–Kier alpha value is -1.70. The van der Waals surface area contributed by atoms with Crippen molar-refractivity contribution in [2.75, 3.05) is 32.7 Å². The number of urea groups is 1. The molecule has 1 aromatic rings. The fourth-order valence-corrected chi connectivity index (χ4v) is 2.23. The number of amides is 3. The highest BCUT2D eigenvalue weighted by molar-refractivity contribution is 7.03. The van der Waals surface area contributed by atoms with Crippen molar-refractivity contribution in [1.82, 2.24) is 24.7 Å². The Balaban J connectivity index is 1.87. The summed E-state index contributed by atoms with van der Waals surface area (Å²) in [4.78, 5) is 27.0. The van der Waals surface area contributed by atoms with Gasteiger partial charge in [-0.25, -0.2) is 4.79 Å². The third-order valence-electron chi connectivity index (χ3n) is 2.76. The second kappa shape index (κ2) is 5.76. The highest BCUT2D eigenvalue weighted by atomic mass is 32.1. The summed E-state index contributed by atoms with van der Waals surface area (Å²) in [5.74, 6) is -0.112. The second-order valence-corrected chi connectivity index (χ2v) is 4.51. The third kappa shape index (κ3) is 2.76. The number of carbonyl (C=O) groups excluding carboxylic acids is 2. The molecule has 2 rings (SSSR count). The molecular weight excluding hydrogens is 254 g/mol. The molecule has 1 saturated heterocycles. The molecule has 18 heavy (non-hydrogen) atoms. The largest absolute Gasteiger partial charge is 0.338 e. The van der Waals surface area contributed by atoms with E-state index in [4.69, 9.17) is 0 Å². The van der Waals surface area contributed by atoms with Crippen LogP contribution in [0.2, 0.25) is 0 Å². The van der Waals surface area contributed by atoms with Crippen LogP contribution in [0.4, 0.5) is 4.79 Å². The summed E-state index contributed by atoms with van der Waals surface area (Å²) in [6.07, 6.45) is 0. The SMILES string of the molecule is CCNC(=O)N1CCN(C(=O)c2csnn2)CC1. The number of hydrogen-bond acceptors (Lipinski definition) is 5. The molecule has 1 aromatic heterocycles. The summed E-state index contributed by atoms with van der Waals surface area (Å²) in [7, 11) is 0. The summed E-state index contributed by atoms with van der Waals surface area (Å²) in [6, 6.07) is -0.0695. The minimum atomic E-state index is -0.112. The van der Waals surface area contributed by atoms with Crippen LogP contribution in [0, 0.1) is 0 Å². The number of nitrogens with one attached hydrogen (secondary N) is 1. The molecule has 1 fully saturated rings. The Morgan fingerprint density at radius 1 is 1.33 bits per heavy atom. The van der Waals surface area contributed by atoms with Crippen LogP contribution >= 0.6 is 11.5 Å². The highest BCUT2D eigenvalue weighted by Crippen LogP contribution is 2.07. The van der Waals surface area contributed by atoms with Gasteiger partial charge in [0.05, 0.1) is 0 Å². The van der Waals surface area contributed by atoms with Crippen LogP contribution in [-0.4, -0.2) is 64.0 Å². The van der Waals surface area contributed by atoms with Crippen LogP contribution < -0.4 is 5.32 Å². The first-order valence-electron chi connectivity index (χ1n) is 5.81.